The predicted octanol–water partition coefficient (Wildman–Crippen LogP) is 10.8. The van der Waals surface area contributed by atoms with E-state index in [1.54, 1.807) is 0 Å². The first-order chi connectivity index (χ1) is 32.5. The highest BCUT2D eigenvalue weighted by Crippen LogP contribution is 2.55. The minimum atomic E-state index is -4.45. The van der Waals surface area contributed by atoms with E-state index >= 15 is 0 Å². The Hall–Kier alpha value is -8.65. The lowest BCUT2D eigenvalue weighted by Gasteiger charge is -2.28. The van der Waals surface area contributed by atoms with E-state index in [2.05, 4.69) is 10.2 Å². The molecule has 3 heterocycles. The average molecular weight is 901 g/mol. The molecule has 2 aliphatic heterocycles. The molecule has 8 aromatic rings. The summed E-state index contributed by atoms with van der Waals surface area (Å²) in [6.07, 6.45) is -3.19. The van der Waals surface area contributed by atoms with Gasteiger partial charge in [-0.1, -0.05) is 133 Å². The number of H-pyrrole nitrogens is 1. The van der Waals surface area contributed by atoms with Crippen LogP contribution in [-0.4, -0.2) is 28.4 Å². The molecule has 0 spiro atoms. The molecule has 0 atom stereocenters. The van der Waals surface area contributed by atoms with Crippen molar-refractivity contribution in [3.63, 3.8) is 0 Å². The first-order valence-corrected chi connectivity index (χ1v) is 21.0. The molecular formula is C53H35F3N2O9. The molecule has 0 aliphatic carbocycles. The van der Waals surface area contributed by atoms with Crippen molar-refractivity contribution in [1.82, 2.24) is 10.2 Å². The van der Waals surface area contributed by atoms with E-state index in [-0.39, 0.29) is 51.3 Å². The number of aldehydes is 1. The maximum absolute atomic E-state index is 14.5. The molecule has 7 aromatic carbocycles. The van der Waals surface area contributed by atoms with Gasteiger partial charge in [0.2, 0.25) is 11.5 Å². The first-order valence-electron chi connectivity index (χ1n) is 21.0. The monoisotopic (exact) mass is 900 g/mol. The topological polar surface area (TPSA) is 135 Å². The maximum atomic E-state index is 14.5. The number of hydrogen-bond acceptors (Lipinski definition) is 10. The largest absolute Gasteiger partial charge is 0.440 e. The summed E-state index contributed by atoms with van der Waals surface area (Å²) in [5, 5.41) is 6.93. The van der Waals surface area contributed by atoms with E-state index in [1.165, 1.54) is 42.5 Å². The van der Waals surface area contributed by atoms with Gasteiger partial charge in [-0.2, -0.15) is 18.3 Å². The Balaban J connectivity index is 0.989. The van der Waals surface area contributed by atoms with Crippen molar-refractivity contribution in [3.05, 3.63) is 232 Å². The number of nitrogens with zero attached hydrogens (tertiary/aromatic N) is 1. The first kappa shape index (κ1) is 42.3. The van der Waals surface area contributed by atoms with E-state index in [4.69, 9.17) is 28.4 Å². The summed E-state index contributed by atoms with van der Waals surface area (Å²) < 4.78 is 77.9. The number of aromatic amines is 1. The number of ether oxygens (including phenoxy) is 6. The standard InChI is InChI=1S/C53H35F3N2O9/c54-53(55,56)40-24-21-33(22-25-40)23-26-41-31-42(58-57-41)50(61)63-44-29-35(30-46-48(44)67-52(65-46,38-17-9-3-10-18-38)39-19-11-4-12-20-39)49(60)62-43-27-34(32-59)28-45-47(43)66-51(64-45,36-13-5-1-6-14-36)37-15-7-2-8-16-37/h1-22,24-25,27-32H,23,26H2,(H,57,58). The summed E-state index contributed by atoms with van der Waals surface area (Å²) >= 11 is 0. The Morgan fingerprint density at radius 3 is 1.54 bits per heavy atom. The SMILES string of the molecule is O=Cc1cc(OC(=O)c2cc(OC(=O)c3cc(CCc4ccc(C(F)(F)F)cc4)[nH]n3)c3c(c2)OC(c2ccccc2)(c2ccccc2)O3)c2c(c1)OC(c1ccccc1)(c1ccccc1)O2. The second-order valence-electron chi connectivity index (χ2n) is 15.6. The average Bonchev–Trinajstić information content (AvgIpc) is 4.12. The molecular weight excluding hydrogens is 866 g/mol. The van der Waals surface area contributed by atoms with Crippen LogP contribution in [0.2, 0.25) is 0 Å². The number of nitrogens with one attached hydrogen (secondary N) is 1. The van der Waals surface area contributed by atoms with Crippen molar-refractivity contribution >= 4 is 18.2 Å². The molecule has 67 heavy (non-hydrogen) atoms. The lowest BCUT2D eigenvalue weighted by molar-refractivity contribution is -0.137. The summed E-state index contributed by atoms with van der Waals surface area (Å²) in [7, 11) is 0. The van der Waals surface area contributed by atoms with Crippen molar-refractivity contribution in [3.8, 4) is 34.5 Å². The number of benzene rings is 7. The Morgan fingerprint density at radius 1 is 0.567 bits per heavy atom. The van der Waals surface area contributed by atoms with E-state index in [0.29, 0.717) is 52.6 Å². The molecule has 1 N–H and O–H groups in total. The molecule has 0 bridgehead atoms. The van der Waals surface area contributed by atoms with Crippen LogP contribution in [-0.2, 0) is 30.6 Å². The number of aromatic nitrogens is 2. The van der Waals surface area contributed by atoms with Crippen LogP contribution in [0, 0.1) is 0 Å². The van der Waals surface area contributed by atoms with Gasteiger partial charge in [-0.05, 0) is 60.9 Å². The van der Waals surface area contributed by atoms with Crippen LogP contribution < -0.4 is 28.4 Å². The highest BCUT2D eigenvalue weighted by atomic mass is 19.4. The van der Waals surface area contributed by atoms with Gasteiger partial charge in [0.1, 0.15) is 6.29 Å². The normalized spacial score (nSPS) is 14.0. The molecule has 0 saturated carbocycles. The Morgan fingerprint density at radius 2 is 1.04 bits per heavy atom. The van der Waals surface area contributed by atoms with Crippen molar-refractivity contribution in [2.75, 3.05) is 0 Å². The van der Waals surface area contributed by atoms with Gasteiger partial charge in [0.05, 0.1) is 11.1 Å². The number of carbonyl (C=O) groups excluding carboxylic acids is 3. The molecule has 14 heteroatoms. The molecule has 332 valence electrons. The summed E-state index contributed by atoms with van der Waals surface area (Å²) in [6, 6.07) is 48.3. The fourth-order valence-electron chi connectivity index (χ4n) is 7.98. The Bertz CT molecular complexity index is 3050. The van der Waals surface area contributed by atoms with Crippen LogP contribution in [0.4, 0.5) is 13.2 Å². The molecule has 0 radical (unpaired) electrons. The number of aryl methyl sites for hydroxylation is 2. The number of carbonyl (C=O) groups is 3. The van der Waals surface area contributed by atoms with Crippen LogP contribution in [0.5, 0.6) is 34.5 Å². The minimum Gasteiger partial charge on any atom is -0.440 e. The number of esters is 2. The van der Waals surface area contributed by atoms with Gasteiger partial charge in [0.25, 0.3) is 0 Å². The fraction of sp³-hybridized carbons (Fsp3) is 0.0943. The second kappa shape index (κ2) is 17.0. The van der Waals surface area contributed by atoms with Crippen LogP contribution >= 0.6 is 0 Å². The highest BCUT2D eigenvalue weighted by Gasteiger charge is 2.49. The van der Waals surface area contributed by atoms with Gasteiger partial charge in [0.15, 0.2) is 28.7 Å². The van der Waals surface area contributed by atoms with E-state index < -0.39 is 35.3 Å². The Kier molecular flexibility index (Phi) is 10.8. The molecule has 0 unspecified atom stereocenters. The zero-order chi connectivity index (χ0) is 46.2. The smallest absolute Gasteiger partial charge is 0.416 e. The predicted molar refractivity (Wildman–Crippen MR) is 235 cm³/mol. The minimum absolute atomic E-state index is 0.00764. The number of halogens is 3. The zero-order valence-electron chi connectivity index (χ0n) is 35.0. The summed E-state index contributed by atoms with van der Waals surface area (Å²) in [5.41, 5.74) is 2.72. The van der Waals surface area contributed by atoms with Crippen molar-refractivity contribution < 1.29 is 56.0 Å². The van der Waals surface area contributed by atoms with Crippen molar-refractivity contribution in [2.45, 2.75) is 30.6 Å². The van der Waals surface area contributed by atoms with Gasteiger partial charge in [-0.3, -0.25) is 9.89 Å². The van der Waals surface area contributed by atoms with E-state index in [9.17, 15) is 27.6 Å². The molecule has 1 aromatic heterocycles. The lowest BCUT2D eigenvalue weighted by Crippen LogP contribution is -2.36. The van der Waals surface area contributed by atoms with Crippen molar-refractivity contribution in [2.24, 2.45) is 0 Å². The summed E-state index contributed by atoms with van der Waals surface area (Å²) in [5.74, 6) is -5.10. The summed E-state index contributed by atoms with van der Waals surface area (Å²) in [4.78, 5) is 40.7. The highest BCUT2D eigenvalue weighted by molar-refractivity contribution is 5.95. The van der Waals surface area contributed by atoms with Crippen LogP contribution in [0.3, 0.4) is 0 Å². The van der Waals surface area contributed by atoms with Crippen LogP contribution in [0.15, 0.2) is 176 Å². The number of hydrogen-bond donors (Lipinski definition) is 1. The third-order valence-corrected chi connectivity index (χ3v) is 11.3. The van der Waals surface area contributed by atoms with Gasteiger partial charge >= 0.3 is 29.7 Å². The van der Waals surface area contributed by atoms with Gasteiger partial charge < -0.3 is 28.4 Å². The molecule has 0 fully saturated rings. The van der Waals surface area contributed by atoms with Gasteiger partial charge in [0, 0.05) is 33.5 Å². The van der Waals surface area contributed by atoms with E-state index in [0.717, 1.165) is 12.1 Å². The van der Waals surface area contributed by atoms with Crippen LogP contribution in [0.1, 0.15) is 70.3 Å². The maximum Gasteiger partial charge on any atom is 0.416 e. The zero-order valence-corrected chi connectivity index (χ0v) is 35.0. The third-order valence-electron chi connectivity index (χ3n) is 11.3. The van der Waals surface area contributed by atoms with E-state index in [1.807, 2.05) is 121 Å². The molecule has 0 saturated heterocycles. The quantitative estimate of drug-likeness (QED) is 0.0717. The second-order valence-corrected chi connectivity index (χ2v) is 15.6. The fourth-order valence-corrected chi connectivity index (χ4v) is 7.98. The number of rotatable bonds is 12. The third kappa shape index (κ3) is 8.09. The molecule has 11 nitrogen and oxygen atoms in total. The van der Waals surface area contributed by atoms with Gasteiger partial charge in [-0.25, -0.2) is 9.59 Å². The van der Waals surface area contributed by atoms with Crippen LogP contribution in [0.25, 0.3) is 0 Å². The Labute approximate surface area is 380 Å². The number of alkyl halides is 3. The molecule has 2 aliphatic rings. The summed E-state index contributed by atoms with van der Waals surface area (Å²) in [6.45, 7) is 0. The van der Waals surface area contributed by atoms with Crippen molar-refractivity contribution in [1.29, 1.82) is 0 Å². The number of fused-ring (bicyclic) bond motifs is 2. The lowest BCUT2D eigenvalue weighted by atomic mass is 9.97. The molecule has 0 amide bonds. The van der Waals surface area contributed by atoms with Gasteiger partial charge in [-0.15, -0.1) is 0 Å². The molecule has 10 rings (SSSR count).